The maximum Gasteiger partial charge on any atom is 0.259 e. The Hall–Kier alpha value is -4.19. The molecule has 4 aromatic rings. The summed E-state index contributed by atoms with van der Waals surface area (Å²) in [7, 11) is 0. The molecule has 1 fully saturated rings. The largest absolute Gasteiger partial charge is 0.461 e. The van der Waals surface area contributed by atoms with Crippen molar-refractivity contribution in [2.45, 2.75) is 0 Å². The molecule has 0 aliphatic carbocycles. The smallest absolute Gasteiger partial charge is 0.259 e. The van der Waals surface area contributed by atoms with E-state index in [1.165, 1.54) is 4.52 Å². The maximum absolute atomic E-state index is 11.2. The number of aromatic nitrogens is 5. The predicted molar refractivity (Wildman–Crippen MR) is 123 cm³/mol. The molecule has 12 heteroatoms. The minimum absolute atomic E-state index is 0.198. The lowest BCUT2D eigenvalue weighted by molar-refractivity contribution is 0.100. The third-order valence-corrected chi connectivity index (χ3v) is 5.58. The van der Waals surface area contributed by atoms with Gasteiger partial charge in [-0.2, -0.15) is 19.5 Å². The number of carbonyl (C=O) groups is 1. The number of hydrogen-bond donors (Lipinski definition) is 3. The summed E-state index contributed by atoms with van der Waals surface area (Å²) in [6.07, 6.45) is 1.56. The number of piperazine rings is 1. The first-order valence-electron chi connectivity index (χ1n) is 10.6. The van der Waals surface area contributed by atoms with Gasteiger partial charge in [-0.3, -0.25) is 9.69 Å². The molecule has 33 heavy (non-hydrogen) atoms. The fourth-order valence-electron chi connectivity index (χ4n) is 3.79. The number of carbonyl (C=O) groups excluding carboxylic acids is 1. The Kier molecular flexibility index (Phi) is 5.48. The van der Waals surface area contributed by atoms with E-state index in [0.717, 1.165) is 38.4 Å². The van der Waals surface area contributed by atoms with Crippen LogP contribution in [0.15, 0.2) is 47.1 Å². The van der Waals surface area contributed by atoms with Crippen LogP contribution >= 0.6 is 0 Å². The molecular weight excluding hydrogens is 424 g/mol. The monoisotopic (exact) mass is 448 g/mol. The molecule has 1 aromatic carbocycles. The van der Waals surface area contributed by atoms with Gasteiger partial charge in [0, 0.05) is 50.5 Å². The van der Waals surface area contributed by atoms with Gasteiger partial charge in [0.2, 0.25) is 23.6 Å². The van der Waals surface area contributed by atoms with E-state index in [2.05, 4.69) is 35.2 Å². The molecule has 4 heterocycles. The van der Waals surface area contributed by atoms with Crippen LogP contribution in [0.5, 0.6) is 0 Å². The van der Waals surface area contributed by atoms with E-state index in [0.29, 0.717) is 35.4 Å². The Morgan fingerprint density at radius 3 is 2.55 bits per heavy atom. The Balaban J connectivity index is 1.14. The summed E-state index contributed by atoms with van der Waals surface area (Å²) in [6.45, 7) is 5.17. The first-order valence-corrected chi connectivity index (χ1v) is 10.6. The Morgan fingerprint density at radius 1 is 1.06 bits per heavy atom. The molecule has 0 spiro atoms. The second kappa shape index (κ2) is 8.74. The molecule has 0 unspecified atom stereocenters. The lowest BCUT2D eigenvalue weighted by Gasteiger charge is -2.36. The molecule has 0 bridgehead atoms. The van der Waals surface area contributed by atoms with Crippen molar-refractivity contribution in [1.82, 2.24) is 29.5 Å². The summed E-state index contributed by atoms with van der Waals surface area (Å²) >= 11 is 0. The number of nitrogen functional groups attached to an aromatic ring is 1. The fraction of sp³-hybridized carbons (Fsp3) is 0.286. The van der Waals surface area contributed by atoms with Gasteiger partial charge in [-0.1, -0.05) is 0 Å². The number of anilines is 3. The van der Waals surface area contributed by atoms with Crippen molar-refractivity contribution in [2.75, 3.05) is 55.2 Å². The van der Waals surface area contributed by atoms with Gasteiger partial charge >= 0.3 is 0 Å². The molecule has 5 N–H and O–H groups in total. The highest BCUT2D eigenvalue weighted by Crippen LogP contribution is 2.19. The third-order valence-electron chi connectivity index (χ3n) is 5.58. The molecule has 0 atom stereocenters. The maximum atomic E-state index is 11.2. The van der Waals surface area contributed by atoms with Gasteiger partial charge in [0.25, 0.3) is 5.78 Å². The van der Waals surface area contributed by atoms with Crippen molar-refractivity contribution >= 4 is 29.3 Å². The van der Waals surface area contributed by atoms with Crippen molar-refractivity contribution in [3.05, 3.63) is 48.2 Å². The molecular formula is C21H24N10O2. The second-order valence-electron chi connectivity index (χ2n) is 7.70. The standard InChI is InChI=1S/C21H24N10O2/c22-17(32)14-3-5-15(6-4-14)30-11-9-29(10-12-30)8-7-24-20-26-19(23)31-21(27-20)25-18(28-31)16-2-1-13-33-16/h1-6,13H,7-12H2,(H2,22,32)(H3,23,24,25,26,27,28). The van der Waals surface area contributed by atoms with E-state index < -0.39 is 5.91 Å². The van der Waals surface area contributed by atoms with E-state index in [1.54, 1.807) is 30.5 Å². The van der Waals surface area contributed by atoms with Crippen molar-refractivity contribution in [1.29, 1.82) is 0 Å². The summed E-state index contributed by atoms with van der Waals surface area (Å²) in [5.74, 6) is 1.49. The van der Waals surface area contributed by atoms with Crippen molar-refractivity contribution < 1.29 is 9.21 Å². The van der Waals surface area contributed by atoms with Crippen molar-refractivity contribution in [3.8, 4) is 11.6 Å². The second-order valence-corrected chi connectivity index (χ2v) is 7.70. The molecule has 1 amide bonds. The van der Waals surface area contributed by atoms with E-state index in [-0.39, 0.29) is 5.95 Å². The first kappa shape index (κ1) is 20.7. The molecule has 0 saturated carbocycles. The first-order chi connectivity index (χ1) is 16.1. The topological polar surface area (TPSA) is 157 Å². The minimum Gasteiger partial charge on any atom is -0.461 e. The lowest BCUT2D eigenvalue weighted by Crippen LogP contribution is -2.47. The average Bonchev–Trinajstić information content (AvgIpc) is 3.50. The van der Waals surface area contributed by atoms with Crippen LogP contribution in [0.3, 0.4) is 0 Å². The van der Waals surface area contributed by atoms with Crippen LogP contribution in [0.25, 0.3) is 17.4 Å². The lowest BCUT2D eigenvalue weighted by atomic mass is 10.1. The van der Waals surface area contributed by atoms with E-state index in [9.17, 15) is 4.79 Å². The molecule has 0 radical (unpaired) electrons. The molecule has 3 aromatic heterocycles. The summed E-state index contributed by atoms with van der Waals surface area (Å²) in [5, 5.41) is 7.52. The van der Waals surface area contributed by atoms with Gasteiger partial charge in [-0.15, -0.1) is 5.10 Å². The highest BCUT2D eigenvalue weighted by molar-refractivity contribution is 5.93. The summed E-state index contributed by atoms with van der Waals surface area (Å²) < 4.78 is 6.72. The predicted octanol–water partition coefficient (Wildman–Crippen LogP) is 0.695. The number of nitrogens with one attached hydrogen (secondary N) is 1. The fourth-order valence-corrected chi connectivity index (χ4v) is 3.79. The number of nitrogens with zero attached hydrogens (tertiary/aromatic N) is 7. The van der Waals surface area contributed by atoms with Crippen molar-refractivity contribution in [2.24, 2.45) is 5.73 Å². The van der Waals surface area contributed by atoms with Gasteiger partial charge in [0.05, 0.1) is 6.26 Å². The number of amides is 1. The highest BCUT2D eigenvalue weighted by Gasteiger charge is 2.18. The van der Waals surface area contributed by atoms with Gasteiger partial charge in [0.1, 0.15) is 0 Å². The zero-order valence-corrected chi connectivity index (χ0v) is 17.9. The van der Waals surface area contributed by atoms with Gasteiger partial charge in [0.15, 0.2) is 5.76 Å². The van der Waals surface area contributed by atoms with Gasteiger partial charge < -0.3 is 26.1 Å². The molecule has 1 aliphatic heterocycles. The van der Waals surface area contributed by atoms with Gasteiger partial charge in [-0.25, -0.2) is 0 Å². The minimum atomic E-state index is -0.411. The highest BCUT2D eigenvalue weighted by atomic mass is 16.3. The van der Waals surface area contributed by atoms with Crippen molar-refractivity contribution in [3.63, 3.8) is 0 Å². The van der Waals surface area contributed by atoms with E-state index >= 15 is 0 Å². The van der Waals surface area contributed by atoms with Crippen LogP contribution in [0.2, 0.25) is 0 Å². The number of hydrogen-bond acceptors (Lipinski definition) is 10. The SMILES string of the molecule is NC(=O)c1ccc(N2CCN(CCNc3nc(N)n4nc(-c5ccco5)nc4n3)CC2)cc1. The normalized spacial score (nSPS) is 14.6. The van der Waals surface area contributed by atoms with Crippen LogP contribution < -0.4 is 21.7 Å². The Bertz CT molecular complexity index is 1240. The Labute approximate surface area is 189 Å². The number of fused-ring (bicyclic) bond motifs is 1. The van der Waals surface area contributed by atoms with E-state index in [1.807, 2.05) is 12.1 Å². The van der Waals surface area contributed by atoms with Gasteiger partial charge in [-0.05, 0) is 36.4 Å². The number of primary amides is 1. The molecule has 170 valence electrons. The third kappa shape index (κ3) is 4.41. The molecule has 12 nitrogen and oxygen atoms in total. The summed E-state index contributed by atoms with van der Waals surface area (Å²) in [4.78, 5) is 29.0. The number of rotatable bonds is 7. The Morgan fingerprint density at radius 2 is 1.85 bits per heavy atom. The van der Waals surface area contributed by atoms with Crippen LogP contribution in [0.1, 0.15) is 10.4 Å². The molecule has 5 rings (SSSR count). The van der Waals surface area contributed by atoms with Crippen LogP contribution in [0, 0.1) is 0 Å². The number of benzene rings is 1. The summed E-state index contributed by atoms with van der Waals surface area (Å²) in [6, 6.07) is 11.0. The zero-order valence-electron chi connectivity index (χ0n) is 17.9. The van der Waals surface area contributed by atoms with Crippen LogP contribution in [-0.2, 0) is 0 Å². The molecule has 1 saturated heterocycles. The quantitative estimate of drug-likeness (QED) is 0.367. The summed E-state index contributed by atoms with van der Waals surface area (Å²) in [5.41, 5.74) is 13.0. The number of nitrogens with two attached hydrogens (primary N) is 2. The zero-order chi connectivity index (χ0) is 22.8. The van der Waals surface area contributed by atoms with E-state index in [4.69, 9.17) is 15.9 Å². The van der Waals surface area contributed by atoms with Crippen LogP contribution in [-0.4, -0.2) is 74.6 Å². The average molecular weight is 448 g/mol. The van der Waals surface area contributed by atoms with Crippen LogP contribution in [0.4, 0.5) is 17.6 Å². The molecule has 1 aliphatic rings. The number of furan rings is 1.